The van der Waals surface area contributed by atoms with Crippen molar-refractivity contribution in [2.45, 2.75) is 18.9 Å². The van der Waals surface area contributed by atoms with Crippen LogP contribution in [0.3, 0.4) is 0 Å². The van der Waals surface area contributed by atoms with Crippen LogP contribution in [0.2, 0.25) is 0 Å². The minimum atomic E-state index is -1.22. The zero-order chi connectivity index (χ0) is 16.0. The van der Waals surface area contributed by atoms with E-state index in [4.69, 9.17) is 15.6 Å². The molecule has 21 heavy (non-hydrogen) atoms. The number of carboxylic acid groups (broad SMARTS) is 1. The molecule has 0 fully saturated rings. The van der Waals surface area contributed by atoms with E-state index in [9.17, 15) is 14.4 Å². The Morgan fingerprint density at radius 1 is 1.43 bits per heavy atom. The number of halogens is 1. The first-order chi connectivity index (χ1) is 9.85. The molecule has 0 spiro atoms. The standard InChI is InChI=1S/C13H15BrN2O5/c1-21-10-4-2-7(6-8(10)14)12(18)16-9(13(19)20)3-5-11(15)17/h2,4,6,9H,3,5H2,1H3,(H2,15,17)(H,16,18)(H,19,20)/t9-/m0/s1. The van der Waals surface area contributed by atoms with Crippen LogP contribution >= 0.6 is 15.9 Å². The molecule has 0 aliphatic heterocycles. The summed E-state index contributed by atoms with van der Waals surface area (Å²) in [5.74, 6) is -1.86. The number of hydrogen-bond donors (Lipinski definition) is 3. The maximum atomic E-state index is 12.0. The number of hydrogen-bond acceptors (Lipinski definition) is 4. The van der Waals surface area contributed by atoms with Gasteiger partial charge in [0, 0.05) is 12.0 Å². The molecule has 114 valence electrons. The molecular formula is C13H15BrN2O5. The second-order valence-electron chi connectivity index (χ2n) is 4.22. The van der Waals surface area contributed by atoms with Gasteiger partial charge in [0.2, 0.25) is 5.91 Å². The van der Waals surface area contributed by atoms with Gasteiger partial charge in [0.25, 0.3) is 5.91 Å². The van der Waals surface area contributed by atoms with Gasteiger partial charge in [-0.1, -0.05) is 0 Å². The molecule has 1 rings (SSSR count). The third kappa shape index (κ3) is 5.07. The number of ether oxygens (including phenoxy) is 1. The number of carboxylic acids is 1. The summed E-state index contributed by atoms with van der Waals surface area (Å²) < 4.78 is 5.61. The van der Waals surface area contributed by atoms with Gasteiger partial charge in [0.15, 0.2) is 0 Å². The molecular weight excluding hydrogens is 344 g/mol. The molecule has 0 aliphatic carbocycles. The molecule has 0 saturated heterocycles. The molecule has 0 saturated carbocycles. The highest BCUT2D eigenvalue weighted by atomic mass is 79.9. The number of amides is 2. The molecule has 0 bridgehead atoms. The van der Waals surface area contributed by atoms with Crippen LogP contribution in [0.5, 0.6) is 5.75 Å². The van der Waals surface area contributed by atoms with Gasteiger partial charge in [-0.2, -0.15) is 0 Å². The van der Waals surface area contributed by atoms with E-state index in [2.05, 4.69) is 21.2 Å². The Hall–Kier alpha value is -2.09. The Morgan fingerprint density at radius 2 is 2.10 bits per heavy atom. The zero-order valence-electron chi connectivity index (χ0n) is 11.3. The number of carbonyl (C=O) groups is 3. The van der Waals surface area contributed by atoms with Crippen LogP contribution in [0.1, 0.15) is 23.2 Å². The minimum absolute atomic E-state index is 0.0618. The zero-order valence-corrected chi connectivity index (χ0v) is 12.8. The Kier molecular flexibility index (Phi) is 6.16. The maximum absolute atomic E-state index is 12.0. The number of aliphatic carboxylic acids is 1. The van der Waals surface area contributed by atoms with E-state index >= 15 is 0 Å². The Morgan fingerprint density at radius 3 is 2.57 bits per heavy atom. The predicted octanol–water partition coefficient (Wildman–Crippen LogP) is 0.906. The maximum Gasteiger partial charge on any atom is 0.326 e. The lowest BCUT2D eigenvalue weighted by molar-refractivity contribution is -0.139. The molecule has 1 aromatic rings. The van der Waals surface area contributed by atoms with Crippen LogP contribution < -0.4 is 15.8 Å². The fourth-order valence-electron chi connectivity index (χ4n) is 1.59. The first kappa shape index (κ1) is 17.0. The largest absolute Gasteiger partial charge is 0.496 e. The second kappa shape index (κ2) is 7.63. The normalized spacial score (nSPS) is 11.5. The Bertz CT molecular complexity index is 561. The molecule has 2 amide bonds. The lowest BCUT2D eigenvalue weighted by Crippen LogP contribution is -2.41. The number of benzene rings is 1. The topological polar surface area (TPSA) is 119 Å². The summed E-state index contributed by atoms with van der Waals surface area (Å²) in [6.45, 7) is 0. The van der Waals surface area contributed by atoms with Crippen LogP contribution in [-0.4, -0.2) is 36.0 Å². The molecule has 0 aliphatic rings. The quantitative estimate of drug-likeness (QED) is 0.669. The van der Waals surface area contributed by atoms with E-state index in [1.165, 1.54) is 19.2 Å². The number of carbonyl (C=O) groups excluding carboxylic acids is 2. The van der Waals surface area contributed by atoms with Crippen molar-refractivity contribution in [3.63, 3.8) is 0 Å². The predicted molar refractivity (Wildman–Crippen MR) is 78.0 cm³/mol. The lowest BCUT2D eigenvalue weighted by atomic mass is 10.1. The molecule has 7 nitrogen and oxygen atoms in total. The fourth-order valence-corrected chi connectivity index (χ4v) is 2.13. The molecule has 0 heterocycles. The van der Waals surface area contributed by atoms with E-state index in [-0.39, 0.29) is 18.4 Å². The number of nitrogens with two attached hydrogens (primary N) is 1. The molecule has 4 N–H and O–H groups in total. The van der Waals surface area contributed by atoms with Gasteiger partial charge in [-0.3, -0.25) is 9.59 Å². The van der Waals surface area contributed by atoms with Gasteiger partial charge in [-0.05, 0) is 40.5 Å². The number of rotatable bonds is 7. The van der Waals surface area contributed by atoms with Crippen molar-refractivity contribution in [3.05, 3.63) is 28.2 Å². The Balaban J connectivity index is 2.79. The summed E-state index contributed by atoms with van der Waals surface area (Å²) in [6, 6.07) is 3.43. The summed E-state index contributed by atoms with van der Waals surface area (Å²) in [7, 11) is 1.49. The van der Waals surface area contributed by atoms with Gasteiger partial charge in [0.05, 0.1) is 11.6 Å². The minimum Gasteiger partial charge on any atom is -0.496 e. The third-order valence-corrected chi connectivity index (χ3v) is 3.32. The van der Waals surface area contributed by atoms with Crippen molar-refractivity contribution in [1.29, 1.82) is 0 Å². The highest BCUT2D eigenvalue weighted by Crippen LogP contribution is 2.25. The molecule has 8 heteroatoms. The highest BCUT2D eigenvalue weighted by molar-refractivity contribution is 9.10. The second-order valence-corrected chi connectivity index (χ2v) is 5.07. The molecule has 0 unspecified atom stereocenters. The fraction of sp³-hybridized carbons (Fsp3) is 0.308. The summed E-state index contributed by atoms with van der Waals surface area (Å²) in [5.41, 5.74) is 5.24. The third-order valence-electron chi connectivity index (χ3n) is 2.70. The van der Waals surface area contributed by atoms with Crippen molar-refractivity contribution in [2.75, 3.05) is 7.11 Å². The number of nitrogens with one attached hydrogen (secondary N) is 1. The van der Waals surface area contributed by atoms with Crippen LogP contribution in [0.25, 0.3) is 0 Å². The van der Waals surface area contributed by atoms with Crippen molar-refractivity contribution in [1.82, 2.24) is 5.32 Å². The summed E-state index contributed by atoms with van der Waals surface area (Å²) in [4.78, 5) is 33.7. The van der Waals surface area contributed by atoms with E-state index in [1.54, 1.807) is 6.07 Å². The summed E-state index contributed by atoms with van der Waals surface area (Å²) >= 11 is 3.24. The van der Waals surface area contributed by atoms with Crippen molar-refractivity contribution >= 4 is 33.7 Å². The average molecular weight is 359 g/mol. The number of primary amides is 1. The Labute approximate surface area is 129 Å². The highest BCUT2D eigenvalue weighted by Gasteiger charge is 2.21. The average Bonchev–Trinajstić information content (AvgIpc) is 2.42. The molecule has 0 aromatic heterocycles. The van der Waals surface area contributed by atoms with Crippen molar-refractivity contribution in [3.8, 4) is 5.75 Å². The van der Waals surface area contributed by atoms with Crippen LogP contribution in [-0.2, 0) is 9.59 Å². The van der Waals surface area contributed by atoms with Crippen LogP contribution in [0.15, 0.2) is 22.7 Å². The van der Waals surface area contributed by atoms with Crippen molar-refractivity contribution < 1.29 is 24.2 Å². The SMILES string of the molecule is COc1ccc(C(=O)N[C@@H](CCC(N)=O)C(=O)O)cc1Br. The van der Waals surface area contributed by atoms with Crippen molar-refractivity contribution in [2.24, 2.45) is 5.73 Å². The molecule has 1 atom stereocenters. The van der Waals surface area contributed by atoms with E-state index in [0.717, 1.165) is 0 Å². The van der Waals surface area contributed by atoms with E-state index < -0.39 is 23.8 Å². The van der Waals surface area contributed by atoms with Gasteiger partial charge in [-0.25, -0.2) is 4.79 Å². The van der Waals surface area contributed by atoms with Gasteiger partial charge in [-0.15, -0.1) is 0 Å². The first-order valence-corrected chi connectivity index (χ1v) is 6.80. The van der Waals surface area contributed by atoms with E-state index in [0.29, 0.717) is 10.2 Å². The van der Waals surface area contributed by atoms with Gasteiger partial charge < -0.3 is 20.9 Å². The lowest BCUT2D eigenvalue weighted by Gasteiger charge is -2.14. The van der Waals surface area contributed by atoms with Crippen LogP contribution in [0, 0.1) is 0 Å². The smallest absolute Gasteiger partial charge is 0.326 e. The monoisotopic (exact) mass is 358 g/mol. The summed E-state index contributed by atoms with van der Waals surface area (Å²) in [6.07, 6.45) is -0.183. The van der Waals surface area contributed by atoms with Crippen LogP contribution in [0.4, 0.5) is 0 Å². The van der Waals surface area contributed by atoms with E-state index in [1.807, 2.05) is 0 Å². The number of methoxy groups -OCH3 is 1. The van der Waals surface area contributed by atoms with Gasteiger partial charge in [0.1, 0.15) is 11.8 Å². The molecule has 1 aromatic carbocycles. The summed E-state index contributed by atoms with van der Waals surface area (Å²) in [5, 5.41) is 11.4. The first-order valence-electron chi connectivity index (χ1n) is 6.00. The molecule has 0 radical (unpaired) electrons. The van der Waals surface area contributed by atoms with Gasteiger partial charge >= 0.3 is 5.97 Å².